The van der Waals surface area contributed by atoms with Crippen molar-refractivity contribution in [2.24, 2.45) is 5.92 Å². The summed E-state index contributed by atoms with van der Waals surface area (Å²) in [6.07, 6.45) is 12.2. The van der Waals surface area contributed by atoms with Crippen LogP contribution in [0, 0.1) is 5.92 Å². The van der Waals surface area contributed by atoms with E-state index in [1.54, 1.807) is 13.0 Å². The van der Waals surface area contributed by atoms with Crippen molar-refractivity contribution in [1.82, 2.24) is 0 Å². The van der Waals surface area contributed by atoms with Crippen molar-refractivity contribution < 1.29 is 9.90 Å². The number of carbonyl (C=O) groups is 1. The van der Waals surface area contributed by atoms with Crippen LogP contribution in [-0.2, 0) is 4.79 Å². The van der Waals surface area contributed by atoms with Crippen molar-refractivity contribution in [2.45, 2.75) is 39.0 Å². The fourth-order valence-corrected chi connectivity index (χ4v) is 1.75. The fraction of sp³-hybridized carbons (Fsp3) is 0.583. The van der Waals surface area contributed by atoms with Crippen molar-refractivity contribution in [3.8, 4) is 0 Å². The lowest BCUT2D eigenvalue weighted by molar-refractivity contribution is -0.132. The summed E-state index contributed by atoms with van der Waals surface area (Å²) < 4.78 is 0. The summed E-state index contributed by atoms with van der Waals surface area (Å²) in [6.45, 7) is 1.62. The molecule has 1 aliphatic rings. The minimum atomic E-state index is -0.835. The first-order valence-electron chi connectivity index (χ1n) is 5.28. The van der Waals surface area contributed by atoms with Crippen LogP contribution in [0.15, 0.2) is 23.8 Å². The normalized spacial score (nSPS) is 20.2. The molecule has 78 valence electrons. The SMILES string of the molecule is C/C(=C/C=C/C1CCCCC1)C(=O)O. The van der Waals surface area contributed by atoms with E-state index in [-0.39, 0.29) is 0 Å². The van der Waals surface area contributed by atoms with Gasteiger partial charge in [-0.15, -0.1) is 0 Å². The molecule has 0 spiro atoms. The van der Waals surface area contributed by atoms with E-state index < -0.39 is 5.97 Å². The lowest BCUT2D eigenvalue weighted by Crippen LogP contribution is -2.02. The third-order valence-corrected chi connectivity index (χ3v) is 2.72. The van der Waals surface area contributed by atoms with Crippen LogP contribution in [0.3, 0.4) is 0 Å². The highest BCUT2D eigenvalue weighted by molar-refractivity contribution is 5.86. The van der Waals surface area contributed by atoms with Gasteiger partial charge in [-0.05, 0) is 25.7 Å². The molecule has 1 fully saturated rings. The van der Waals surface area contributed by atoms with Gasteiger partial charge in [0.1, 0.15) is 0 Å². The Morgan fingerprint density at radius 1 is 1.29 bits per heavy atom. The zero-order valence-electron chi connectivity index (χ0n) is 8.70. The highest BCUT2D eigenvalue weighted by Gasteiger charge is 2.09. The van der Waals surface area contributed by atoms with Gasteiger partial charge in [0.05, 0.1) is 0 Å². The molecular weight excluding hydrogens is 176 g/mol. The van der Waals surface area contributed by atoms with Crippen LogP contribution in [0.1, 0.15) is 39.0 Å². The first kappa shape index (κ1) is 11.0. The lowest BCUT2D eigenvalue weighted by atomic mass is 9.89. The van der Waals surface area contributed by atoms with E-state index in [0.29, 0.717) is 11.5 Å². The van der Waals surface area contributed by atoms with Crippen LogP contribution in [0.2, 0.25) is 0 Å². The number of hydrogen-bond acceptors (Lipinski definition) is 1. The second-order valence-corrected chi connectivity index (χ2v) is 3.94. The van der Waals surface area contributed by atoms with Crippen LogP contribution in [-0.4, -0.2) is 11.1 Å². The summed E-state index contributed by atoms with van der Waals surface area (Å²) in [6, 6.07) is 0. The quantitative estimate of drug-likeness (QED) is 0.553. The molecule has 0 aromatic heterocycles. The average Bonchev–Trinajstić information content (AvgIpc) is 2.19. The van der Waals surface area contributed by atoms with Gasteiger partial charge in [0.2, 0.25) is 0 Å². The Bertz CT molecular complexity index is 245. The van der Waals surface area contributed by atoms with Gasteiger partial charge < -0.3 is 5.11 Å². The Balaban J connectivity index is 2.38. The molecule has 0 aliphatic heterocycles. The standard InChI is InChI=1S/C12H18O2/c1-10(12(13)14)6-5-9-11-7-3-2-4-8-11/h5-6,9,11H,2-4,7-8H2,1H3,(H,13,14)/b9-5+,10-6-. The maximum Gasteiger partial charge on any atom is 0.331 e. The molecule has 14 heavy (non-hydrogen) atoms. The topological polar surface area (TPSA) is 37.3 Å². The summed E-state index contributed by atoms with van der Waals surface area (Å²) in [4.78, 5) is 10.5. The van der Waals surface area contributed by atoms with Crippen molar-refractivity contribution in [3.63, 3.8) is 0 Å². The maximum absolute atomic E-state index is 10.5. The predicted molar refractivity (Wildman–Crippen MR) is 57.1 cm³/mol. The van der Waals surface area contributed by atoms with E-state index in [1.165, 1.54) is 32.1 Å². The van der Waals surface area contributed by atoms with Gasteiger partial charge in [-0.2, -0.15) is 0 Å². The molecule has 0 saturated heterocycles. The molecule has 0 unspecified atom stereocenters. The third kappa shape index (κ3) is 3.77. The summed E-state index contributed by atoms with van der Waals surface area (Å²) in [7, 11) is 0. The van der Waals surface area contributed by atoms with Crippen LogP contribution in [0.25, 0.3) is 0 Å². The van der Waals surface area contributed by atoms with Gasteiger partial charge in [-0.1, -0.05) is 37.5 Å². The number of allylic oxidation sites excluding steroid dienone is 3. The van der Waals surface area contributed by atoms with Crippen molar-refractivity contribution in [1.29, 1.82) is 0 Å². The fourth-order valence-electron chi connectivity index (χ4n) is 1.75. The summed E-state index contributed by atoms with van der Waals surface area (Å²) in [5.41, 5.74) is 0.400. The first-order valence-corrected chi connectivity index (χ1v) is 5.28. The minimum Gasteiger partial charge on any atom is -0.478 e. The maximum atomic E-state index is 10.5. The van der Waals surface area contributed by atoms with Crippen LogP contribution >= 0.6 is 0 Å². The monoisotopic (exact) mass is 194 g/mol. The molecule has 0 aromatic carbocycles. The largest absolute Gasteiger partial charge is 0.478 e. The third-order valence-electron chi connectivity index (χ3n) is 2.72. The second kappa shape index (κ2) is 5.63. The smallest absolute Gasteiger partial charge is 0.331 e. The Hall–Kier alpha value is -1.05. The van der Waals surface area contributed by atoms with Gasteiger partial charge >= 0.3 is 5.97 Å². The Kier molecular flexibility index (Phi) is 4.44. The number of rotatable bonds is 3. The molecule has 2 heteroatoms. The Labute approximate surface area is 85.3 Å². The van der Waals surface area contributed by atoms with E-state index in [9.17, 15) is 4.79 Å². The zero-order chi connectivity index (χ0) is 10.4. The molecule has 0 amide bonds. The molecule has 0 radical (unpaired) electrons. The van der Waals surface area contributed by atoms with Gasteiger partial charge in [0, 0.05) is 5.57 Å². The lowest BCUT2D eigenvalue weighted by Gasteiger charge is -2.17. The molecule has 1 saturated carbocycles. The van der Waals surface area contributed by atoms with E-state index in [2.05, 4.69) is 6.08 Å². The number of carboxylic acids is 1. The summed E-state index contributed by atoms with van der Waals surface area (Å²) >= 11 is 0. The molecule has 1 N–H and O–H groups in total. The second-order valence-electron chi connectivity index (χ2n) is 3.94. The van der Waals surface area contributed by atoms with Crippen LogP contribution < -0.4 is 0 Å². The van der Waals surface area contributed by atoms with E-state index in [1.807, 2.05) is 6.08 Å². The van der Waals surface area contributed by atoms with E-state index in [4.69, 9.17) is 5.11 Å². The molecule has 0 heterocycles. The van der Waals surface area contributed by atoms with Crippen LogP contribution in [0.5, 0.6) is 0 Å². The van der Waals surface area contributed by atoms with Crippen molar-refractivity contribution >= 4 is 5.97 Å². The first-order chi connectivity index (χ1) is 6.70. The summed E-state index contributed by atoms with van der Waals surface area (Å²) in [5, 5.41) is 8.62. The molecule has 1 rings (SSSR count). The van der Waals surface area contributed by atoms with Gasteiger partial charge in [0.15, 0.2) is 0 Å². The zero-order valence-corrected chi connectivity index (χ0v) is 8.70. The average molecular weight is 194 g/mol. The number of hydrogen-bond donors (Lipinski definition) is 1. The van der Waals surface area contributed by atoms with Gasteiger partial charge in [-0.3, -0.25) is 0 Å². The highest BCUT2D eigenvalue weighted by Crippen LogP contribution is 2.24. The molecular formula is C12H18O2. The van der Waals surface area contributed by atoms with Crippen LogP contribution in [0.4, 0.5) is 0 Å². The molecule has 0 atom stereocenters. The van der Waals surface area contributed by atoms with Gasteiger partial charge in [0.25, 0.3) is 0 Å². The highest BCUT2D eigenvalue weighted by atomic mass is 16.4. The van der Waals surface area contributed by atoms with Gasteiger partial charge in [-0.25, -0.2) is 4.79 Å². The van der Waals surface area contributed by atoms with E-state index >= 15 is 0 Å². The number of carboxylic acid groups (broad SMARTS) is 1. The molecule has 0 aromatic rings. The molecule has 0 bridgehead atoms. The minimum absolute atomic E-state index is 0.400. The van der Waals surface area contributed by atoms with Crippen molar-refractivity contribution in [2.75, 3.05) is 0 Å². The Morgan fingerprint density at radius 3 is 2.50 bits per heavy atom. The summed E-state index contributed by atoms with van der Waals surface area (Å²) in [5.74, 6) is -0.167. The number of aliphatic carboxylic acids is 1. The predicted octanol–water partition coefficient (Wildman–Crippen LogP) is 3.15. The Morgan fingerprint density at radius 2 is 1.93 bits per heavy atom. The molecule has 1 aliphatic carbocycles. The molecule has 2 nitrogen and oxygen atoms in total. The van der Waals surface area contributed by atoms with Crippen molar-refractivity contribution in [3.05, 3.63) is 23.8 Å². The van der Waals surface area contributed by atoms with E-state index in [0.717, 1.165) is 0 Å².